The summed E-state index contributed by atoms with van der Waals surface area (Å²) in [6.45, 7) is 0. The van der Waals surface area contributed by atoms with Gasteiger partial charge < -0.3 is 0 Å². The number of carbonyl (C=O) groups excluding carboxylic acids is 1. The first-order chi connectivity index (χ1) is 14.2. The zero-order chi connectivity index (χ0) is 20.1. The summed E-state index contributed by atoms with van der Waals surface area (Å²) < 4.78 is 10.1. The van der Waals surface area contributed by atoms with Gasteiger partial charge in [-0.3, -0.25) is 0 Å². The molecular weight excluding hydrogens is 553 g/mol. The molecule has 0 aromatic heterocycles. The predicted molar refractivity (Wildman–Crippen MR) is 122 cm³/mol. The molecule has 4 aromatic rings. The Morgan fingerprint density at radius 1 is 0.586 bits per heavy atom. The predicted octanol–water partition coefficient (Wildman–Crippen LogP) is 2.80. The average Bonchev–Trinajstić information content (AvgIpc) is 2.79. The molecule has 142 valence electrons. The normalized spacial score (nSPS) is 11.0. The summed E-state index contributed by atoms with van der Waals surface area (Å²) >= 11 is -4.19. The number of hydrogen-bond donors (Lipinski definition) is 1. The molecule has 0 bridgehead atoms. The molecule has 0 aliphatic rings. The molecule has 4 rings (SSSR count). The first-order valence-corrected chi connectivity index (χ1v) is 16.9. The Hall–Kier alpha value is -2.93. The Labute approximate surface area is 176 Å². The molecule has 3 N–H and O–H groups in total. The van der Waals surface area contributed by atoms with E-state index in [0.717, 1.165) is 9.37 Å². The van der Waals surface area contributed by atoms with Crippen LogP contribution in [0.15, 0.2) is 115 Å². The van der Waals surface area contributed by atoms with Crippen molar-refractivity contribution in [3.05, 3.63) is 121 Å². The fourth-order valence-electron chi connectivity index (χ4n) is 3.52. The molecule has 0 fully saturated rings. The van der Waals surface area contributed by atoms with Crippen LogP contribution in [0, 0.1) is 0 Å². The average molecular weight is 576 g/mol. The second-order valence-corrected chi connectivity index (χ2v) is 19.6. The summed E-state index contributed by atoms with van der Waals surface area (Å²) in [5.74, 6) is -0.0665. The first kappa shape index (κ1) is 19.4. The van der Waals surface area contributed by atoms with Gasteiger partial charge in [0.25, 0.3) is 0 Å². The number of nitrogen functional groups attached to an aromatic ring is 1. The van der Waals surface area contributed by atoms with E-state index in [-0.39, 0.29) is 5.97 Å². The van der Waals surface area contributed by atoms with Crippen LogP contribution in [0.3, 0.4) is 0 Å². The second-order valence-electron chi connectivity index (χ2n) is 6.81. The Bertz CT molecular complexity index is 985. The van der Waals surface area contributed by atoms with Gasteiger partial charge in [-0.05, 0) is 0 Å². The van der Waals surface area contributed by atoms with Crippen LogP contribution in [0.1, 0.15) is 5.56 Å². The van der Waals surface area contributed by atoms with Gasteiger partial charge in [-0.1, -0.05) is 0 Å². The first-order valence-electron chi connectivity index (χ1n) is 9.47. The summed E-state index contributed by atoms with van der Waals surface area (Å²) in [4.78, 5) is 11.0. The number of rotatable bonds is 5. The van der Waals surface area contributed by atoms with Gasteiger partial charge in [-0.2, -0.15) is 0 Å². The van der Waals surface area contributed by atoms with Crippen molar-refractivity contribution in [3.63, 3.8) is 0 Å². The molecule has 0 amide bonds. The van der Waals surface area contributed by atoms with Crippen molar-refractivity contribution in [2.45, 2.75) is 0 Å². The van der Waals surface area contributed by atoms with Gasteiger partial charge >= 0.3 is 177 Å². The van der Waals surface area contributed by atoms with Crippen LogP contribution in [0.25, 0.3) is 0 Å². The van der Waals surface area contributed by atoms with Crippen molar-refractivity contribution < 1.29 is 7.48 Å². The number of hydrogen-bond acceptors (Lipinski definition) is 2. The van der Waals surface area contributed by atoms with Crippen LogP contribution < -0.4 is 15.1 Å². The molecule has 4 heteroatoms. The van der Waals surface area contributed by atoms with Crippen LogP contribution in [-0.4, -0.2) is 32.4 Å². The van der Waals surface area contributed by atoms with E-state index in [1.165, 1.54) is 0 Å². The third-order valence-electron chi connectivity index (χ3n) is 4.95. The number of benzene rings is 4. The fourth-order valence-corrected chi connectivity index (χ4v) is 18.1. The maximum absolute atomic E-state index is 11.0. The monoisotopic (exact) mass is 576 g/mol. The molecule has 29 heavy (non-hydrogen) atoms. The summed E-state index contributed by atoms with van der Waals surface area (Å²) in [5.41, 5.74) is 7.07. The Morgan fingerprint density at radius 2 is 0.966 bits per heavy atom. The van der Waals surface area contributed by atoms with Crippen molar-refractivity contribution in [2.24, 2.45) is 0 Å². The van der Waals surface area contributed by atoms with E-state index in [1.54, 1.807) is 24.3 Å². The van der Waals surface area contributed by atoms with E-state index in [0.29, 0.717) is 11.3 Å². The Morgan fingerprint density at radius 3 is 1.34 bits per heavy atom. The molecule has 0 aliphatic heterocycles. The van der Waals surface area contributed by atoms with Crippen LogP contribution >= 0.6 is 0 Å². The minimum absolute atomic E-state index is 0.0665. The Kier molecular flexibility index (Phi) is 5.76. The van der Waals surface area contributed by atoms with Crippen LogP contribution in [-0.2, 0) is 2.69 Å². The quantitative estimate of drug-likeness (QED) is 0.226. The third-order valence-corrected chi connectivity index (χ3v) is 20.3. The summed E-state index contributed by atoms with van der Waals surface area (Å²) in [6, 6.07) is 37.9. The van der Waals surface area contributed by atoms with Crippen molar-refractivity contribution in [1.29, 1.82) is 0 Å². The van der Waals surface area contributed by atoms with Crippen LogP contribution in [0.5, 0.6) is 0 Å². The summed E-state index contributed by atoms with van der Waals surface area (Å²) in [7, 11) is 0. The van der Waals surface area contributed by atoms with Crippen molar-refractivity contribution in [3.8, 4) is 0 Å². The van der Waals surface area contributed by atoms with Gasteiger partial charge in [0.1, 0.15) is 0 Å². The topological polar surface area (TPSA) is 56.7 Å². The Balaban J connectivity index is 1.92. The minimum atomic E-state index is -4.19. The molecule has 0 atom stereocenters. The van der Waals surface area contributed by atoms with Crippen LogP contribution in [0.4, 0.5) is 5.69 Å². The van der Waals surface area contributed by atoms with Crippen LogP contribution in [0.2, 0.25) is 0 Å². The van der Waals surface area contributed by atoms with E-state index in [4.69, 9.17) is 8.42 Å². The molecule has 0 heterocycles. The van der Waals surface area contributed by atoms with Gasteiger partial charge in [-0.15, -0.1) is 0 Å². The van der Waals surface area contributed by atoms with E-state index in [1.807, 2.05) is 54.6 Å². The molecule has 3 nitrogen and oxygen atoms in total. The second kappa shape index (κ2) is 8.61. The van der Waals surface area contributed by atoms with E-state index < -0.39 is 21.6 Å². The molecule has 4 aromatic carbocycles. The molecule has 0 aliphatic carbocycles. The summed E-state index contributed by atoms with van der Waals surface area (Å²) in [5, 5.41) is 0. The van der Waals surface area contributed by atoms with Gasteiger partial charge in [-0.25, -0.2) is 0 Å². The molecule has 0 saturated carbocycles. The van der Waals surface area contributed by atoms with E-state index in [2.05, 4.69) is 36.4 Å². The zero-order valence-electron chi connectivity index (χ0n) is 15.9. The third kappa shape index (κ3) is 3.96. The number of nitrogens with two attached hydrogens (primary N) is 1. The zero-order valence-corrected chi connectivity index (χ0v) is 19.8. The fraction of sp³-hybridized carbons (Fsp3) is 0. The van der Waals surface area contributed by atoms with E-state index in [9.17, 15) is 4.79 Å². The van der Waals surface area contributed by atoms with Crippen molar-refractivity contribution in [1.82, 2.24) is 0 Å². The van der Waals surface area contributed by atoms with Gasteiger partial charge in [0.05, 0.1) is 0 Å². The maximum atomic E-state index is 11.0. The van der Waals surface area contributed by atoms with Gasteiger partial charge in [0.15, 0.2) is 0 Å². The molecule has 0 spiro atoms. The van der Waals surface area contributed by atoms with Gasteiger partial charge in [0, 0.05) is 0 Å². The molecular formula is C25H22NO2Pb+. The van der Waals surface area contributed by atoms with Gasteiger partial charge in [0.2, 0.25) is 0 Å². The molecule has 0 saturated heterocycles. The van der Waals surface area contributed by atoms with Crippen molar-refractivity contribution in [2.75, 3.05) is 5.73 Å². The molecule has 0 radical (unpaired) electrons. The van der Waals surface area contributed by atoms with Crippen molar-refractivity contribution >= 4 is 42.7 Å². The molecule has 0 unspecified atom stereocenters. The number of anilines is 1. The summed E-state index contributed by atoms with van der Waals surface area (Å²) in [6.07, 6.45) is 0. The standard InChI is InChI=1S/C7H7NO2.3C6H5.Pb/c8-6-3-1-5(2-4-6)7(9)10;3*1-2-4-6-5-3-1;/h1-4H,8H2,(H,9,10);3*1-5H;/q;;;;+1. The SMILES string of the molecule is Nc1ccc(C(=[OH+])[O][Pb]([c]2ccccc2)([c]2ccccc2)[c]2ccccc2)cc1. The van der Waals surface area contributed by atoms with E-state index >= 15 is 0 Å².